The molecule has 0 aliphatic carbocycles. The smallest absolute Gasteiger partial charge is 0.325 e. The van der Waals surface area contributed by atoms with Gasteiger partial charge in [-0.05, 0) is 68.1 Å². The van der Waals surface area contributed by atoms with Crippen molar-refractivity contribution in [2.45, 2.75) is 51.2 Å². The number of carbonyl (C=O) groups is 2. The summed E-state index contributed by atoms with van der Waals surface area (Å²) in [7, 11) is -4.05. The number of halogens is 1. The van der Waals surface area contributed by atoms with E-state index in [0.717, 1.165) is 26.6 Å². The highest BCUT2D eigenvalue weighted by Gasteiger charge is 2.44. The third kappa shape index (κ3) is 5.55. The summed E-state index contributed by atoms with van der Waals surface area (Å²) >= 11 is 6.19. The summed E-state index contributed by atoms with van der Waals surface area (Å²) < 4.78 is 32.3. The number of carbonyl (C=O) groups excluding carboxylic acids is 2. The number of aliphatic hydroxyl groups excluding tert-OH is 1. The quantitative estimate of drug-likeness (QED) is 0.597. The molecule has 0 saturated carbocycles. The van der Waals surface area contributed by atoms with Gasteiger partial charge in [0.25, 0.3) is 5.91 Å². The van der Waals surface area contributed by atoms with E-state index in [1.54, 1.807) is 26.0 Å². The predicted octanol–water partition coefficient (Wildman–Crippen LogP) is 2.88. The van der Waals surface area contributed by atoms with Crippen molar-refractivity contribution >= 4 is 39.2 Å². The highest BCUT2D eigenvalue weighted by Crippen LogP contribution is 2.29. The molecule has 1 amide bonds. The fourth-order valence-corrected chi connectivity index (χ4v) is 5.84. The van der Waals surface area contributed by atoms with E-state index in [2.05, 4.69) is 5.32 Å². The lowest BCUT2D eigenvalue weighted by molar-refractivity contribution is -0.150. The van der Waals surface area contributed by atoms with Gasteiger partial charge in [-0.15, -0.1) is 0 Å². The Morgan fingerprint density at radius 1 is 1.12 bits per heavy atom. The van der Waals surface area contributed by atoms with E-state index in [1.165, 1.54) is 12.1 Å². The number of sulfonamides is 1. The van der Waals surface area contributed by atoms with Crippen molar-refractivity contribution in [1.29, 1.82) is 0 Å². The van der Waals surface area contributed by atoms with Crippen LogP contribution in [0.2, 0.25) is 5.02 Å². The van der Waals surface area contributed by atoms with E-state index >= 15 is 0 Å². The van der Waals surface area contributed by atoms with Crippen LogP contribution in [0.3, 0.4) is 0 Å². The van der Waals surface area contributed by atoms with Gasteiger partial charge in [-0.2, -0.15) is 4.31 Å². The minimum absolute atomic E-state index is 0.0275. The Morgan fingerprint density at radius 2 is 1.82 bits per heavy atom. The molecule has 0 aromatic heterocycles. The summed E-state index contributed by atoms with van der Waals surface area (Å²) in [6, 6.07) is 6.99. The van der Waals surface area contributed by atoms with Gasteiger partial charge < -0.3 is 15.2 Å². The molecule has 178 valence electrons. The maximum Gasteiger partial charge on any atom is 0.325 e. The number of amides is 1. The van der Waals surface area contributed by atoms with Crippen molar-refractivity contribution < 1.29 is 27.9 Å². The SMILES string of the molecule is Cc1cc(C)c(NC(=O)COC(=O)C2CC(O)CN2S(=O)(=O)c2ccc(C)c(C)c2)c(Cl)c1. The van der Waals surface area contributed by atoms with Crippen LogP contribution >= 0.6 is 11.6 Å². The second-order valence-corrected chi connectivity index (χ2v) is 10.6. The van der Waals surface area contributed by atoms with Crippen molar-refractivity contribution in [1.82, 2.24) is 4.31 Å². The zero-order chi connectivity index (χ0) is 24.5. The van der Waals surface area contributed by atoms with Crippen LogP contribution in [0.25, 0.3) is 0 Å². The number of rotatable bonds is 6. The number of ether oxygens (including phenoxy) is 1. The Balaban J connectivity index is 1.70. The second-order valence-electron chi connectivity index (χ2n) is 8.32. The Hall–Kier alpha value is -2.46. The molecule has 3 rings (SSSR count). The van der Waals surface area contributed by atoms with Crippen LogP contribution in [0.4, 0.5) is 5.69 Å². The Kier molecular flexibility index (Phi) is 7.48. The van der Waals surface area contributed by atoms with Gasteiger partial charge in [0.1, 0.15) is 6.04 Å². The lowest BCUT2D eigenvalue weighted by Crippen LogP contribution is -2.42. The van der Waals surface area contributed by atoms with Gasteiger partial charge in [-0.1, -0.05) is 23.7 Å². The first-order valence-electron chi connectivity index (χ1n) is 10.4. The van der Waals surface area contributed by atoms with Crippen molar-refractivity contribution in [2.75, 3.05) is 18.5 Å². The second kappa shape index (κ2) is 9.80. The van der Waals surface area contributed by atoms with Gasteiger partial charge in [-0.3, -0.25) is 9.59 Å². The lowest BCUT2D eigenvalue weighted by atomic mass is 10.1. The minimum Gasteiger partial charge on any atom is -0.454 e. The molecule has 1 heterocycles. The Morgan fingerprint density at radius 3 is 2.45 bits per heavy atom. The predicted molar refractivity (Wildman–Crippen MR) is 125 cm³/mol. The van der Waals surface area contributed by atoms with Crippen molar-refractivity contribution in [2.24, 2.45) is 0 Å². The lowest BCUT2D eigenvalue weighted by Gasteiger charge is -2.23. The number of nitrogens with one attached hydrogen (secondary N) is 1. The molecule has 0 radical (unpaired) electrons. The third-order valence-electron chi connectivity index (χ3n) is 5.63. The molecule has 2 aromatic carbocycles. The van der Waals surface area contributed by atoms with E-state index in [0.29, 0.717) is 10.7 Å². The van der Waals surface area contributed by atoms with Crippen molar-refractivity contribution in [3.8, 4) is 0 Å². The molecule has 1 aliphatic rings. The first-order chi connectivity index (χ1) is 15.4. The van der Waals surface area contributed by atoms with Gasteiger partial charge in [0.2, 0.25) is 10.0 Å². The number of aliphatic hydroxyl groups is 1. The van der Waals surface area contributed by atoms with Crippen LogP contribution in [0.1, 0.15) is 28.7 Å². The number of hydrogen-bond donors (Lipinski definition) is 2. The number of nitrogens with zero attached hydrogens (tertiary/aromatic N) is 1. The maximum absolute atomic E-state index is 13.2. The third-order valence-corrected chi connectivity index (χ3v) is 7.80. The van der Waals surface area contributed by atoms with E-state index < -0.39 is 40.7 Å². The normalized spacial score (nSPS) is 18.8. The van der Waals surface area contributed by atoms with Crippen molar-refractivity contribution in [3.63, 3.8) is 0 Å². The summed E-state index contributed by atoms with van der Waals surface area (Å²) in [6.45, 7) is 6.46. The molecule has 33 heavy (non-hydrogen) atoms. The van der Waals surface area contributed by atoms with E-state index in [4.69, 9.17) is 16.3 Å². The maximum atomic E-state index is 13.2. The van der Waals surface area contributed by atoms with Crippen LogP contribution in [-0.2, 0) is 24.3 Å². The number of benzene rings is 2. The Labute approximate surface area is 198 Å². The topological polar surface area (TPSA) is 113 Å². The average Bonchev–Trinajstić information content (AvgIpc) is 3.13. The standard InChI is InChI=1S/C23H27ClN2O6S/c1-13-7-16(4)22(19(24)8-13)25-21(28)12-32-23(29)20-10-17(27)11-26(20)33(30,31)18-6-5-14(2)15(3)9-18/h5-9,17,20,27H,10-12H2,1-4H3,(H,25,28). The molecule has 1 aliphatic heterocycles. The van der Waals surface area contributed by atoms with Crippen LogP contribution in [0.15, 0.2) is 35.2 Å². The fraction of sp³-hybridized carbons (Fsp3) is 0.391. The van der Waals surface area contributed by atoms with Crippen LogP contribution in [0, 0.1) is 27.7 Å². The summed E-state index contributed by atoms with van der Waals surface area (Å²) in [5.74, 6) is -1.51. The first-order valence-corrected chi connectivity index (χ1v) is 12.2. The number of esters is 1. The molecular weight excluding hydrogens is 468 g/mol. The van der Waals surface area contributed by atoms with Gasteiger partial charge in [0, 0.05) is 13.0 Å². The molecule has 1 fully saturated rings. The van der Waals surface area contributed by atoms with Crippen molar-refractivity contribution in [3.05, 3.63) is 57.6 Å². The number of hydrogen-bond acceptors (Lipinski definition) is 6. The molecule has 10 heteroatoms. The summed E-state index contributed by atoms with van der Waals surface area (Å²) in [4.78, 5) is 25.0. The number of anilines is 1. The molecule has 0 bridgehead atoms. The fourth-order valence-electron chi connectivity index (χ4n) is 3.76. The van der Waals surface area contributed by atoms with Gasteiger partial charge in [0.05, 0.1) is 21.7 Å². The molecule has 1 saturated heterocycles. The minimum atomic E-state index is -4.05. The van der Waals surface area contributed by atoms with Gasteiger partial charge in [0.15, 0.2) is 6.61 Å². The van der Waals surface area contributed by atoms with Gasteiger partial charge in [-0.25, -0.2) is 8.42 Å². The van der Waals surface area contributed by atoms with E-state index in [9.17, 15) is 23.1 Å². The summed E-state index contributed by atoms with van der Waals surface area (Å²) in [5.41, 5.74) is 3.83. The zero-order valence-corrected chi connectivity index (χ0v) is 20.5. The average molecular weight is 495 g/mol. The van der Waals surface area contributed by atoms with E-state index in [1.807, 2.05) is 19.9 Å². The molecule has 0 spiro atoms. The molecule has 2 unspecified atom stereocenters. The highest BCUT2D eigenvalue weighted by atomic mass is 35.5. The monoisotopic (exact) mass is 494 g/mol. The van der Waals surface area contributed by atoms with Crippen LogP contribution in [-0.4, -0.2) is 55.0 Å². The number of aryl methyl sites for hydroxylation is 4. The largest absolute Gasteiger partial charge is 0.454 e. The first kappa shape index (κ1) is 25.2. The highest BCUT2D eigenvalue weighted by molar-refractivity contribution is 7.89. The molecule has 2 aromatic rings. The molecule has 2 atom stereocenters. The number of β-amino-alcohol motifs (C(OH)–C–C–N with tert-alkyl or cyclic N) is 1. The Bertz CT molecular complexity index is 1170. The van der Waals surface area contributed by atoms with E-state index in [-0.39, 0.29) is 17.9 Å². The molecular formula is C23H27ClN2O6S. The molecule has 8 nitrogen and oxygen atoms in total. The summed E-state index contributed by atoms with van der Waals surface area (Å²) in [5, 5.41) is 13.0. The van der Waals surface area contributed by atoms with Gasteiger partial charge >= 0.3 is 5.97 Å². The van der Waals surface area contributed by atoms with Crippen LogP contribution < -0.4 is 5.32 Å². The summed E-state index contributed by atoms with van der Waals surface area (Å²) in [6.07, 6.45) is -1.14. The molecule has 2 N–H and O–H groups in total. The van der Waals surface area contributed by atoms with Crippen LogP contribution in [0.5, 0.6) is 0 Å². The zero-order valence-electron chi connectivity index (χ0n) is 18.9.